The lowest BCUT2D eigenvalue weighted by Gasteiger charge is -2.35. The Morgan fingerprint density at radius 3 is 3.00 bits per heavy atom. The number of hydrogen-bond acceptors (Lipinski definition) is 6. The Balaban J connectivity index is 1.67. The zero-order valence-electron chi connectivity index (χ0n) is 12.1. The van der Waals surface area contributed by atoms with Gasteiger partial charge in [-0.2, -0.15) is 0 Å². The zero-order valence-corrected chi connectivity index (χ0v) is 12.1. The van der Waals surface area contributed by atoms with Gasteiger partial charge in [-0.3, -0.25) is 14.8 Å². The minimum Gasteiger partial charge on any atom is -0.377 e. The third-order valence-corrected chi connectivity index (χ3v) is 3.64. The Kier molecular flexibility index (Phi) is 4.65. The molecule has 7 nitrogen and oxygen atoms in total. The average molecular weight is 299 g/mol. The maximum absolute atomic E-state index is 12.6. The van der Waals surface area contributed by atoms with E-state index in [1.165, 1.54) is 6.33 Å². The van der Waals surface area contributed by atoms with Crippen LogP contribution in [0.5, 0.6) is 0 Å². The summed E-state index contributed by atoms with van der Waals surface area (Å²) in [6.45, 7) is 1.67. The van der Waals surface area contributed by atoms with Gasteiger partial charge in [-0.05, 0) is 18.9 Å². The maximum Gasteiger partial charge on any atom is 0.272 e. The minimum atomic E-state index is -0.0742. The highest BCUT2D eigenvalue weighted by Crippen LogP contribution is 2.15. The van der Waals surface area contributed by atoms with E-state index in [9.17, 15) is 4.79 Å². The summed E-state index contributed by atoms with van der Waals surface area (Å²) in [6, 6.07) is 1.66. The normalized spacial score (nSPS) is 18.2. The van der Waals surface area contributed by atoms with E-state index in [-0.39, 0.29) is 11.9 Å². The molecule has 7 heteroatoms. The molecule has 3 rings (SSSR count). The lowest BCUT2D eigenvalue weighted by atomic mass is 10.1. The SMILES string of the molecule is O=C(c1ccncn1)N1CCOC[C@H]1CCc1cnccn1. The standard InChI is InChI=1S/C15H17N5O2/c21-15(14-3-4-17-11-19-14)20-7-8-22-10-13(20)2-1-12-9-16-5-6-18-12/h3-6,9,11,13H,1-2,7-8,10H2/t13-/m1/s1. The molecule has 0 aromatic carbocycles. The summed E-state index contributed by atoms with van der Waals surface area (Å²) in [5.74, 6) is -0.0742. The van der Waals surface area contributed by atoms with Gasteiger partial charge < -0.3 is 9.64 Å². The van der Waals surface area contributed by atoms with Crippen LogP contribution in [0.4, 0.5) is 0 Å². The Labute approximate surface area is 128 Å². The number of morpholine rings is 1. The van der Waals surface area contributed by atoms with E-state index in [4.69, 9.17) is 4.74 Å². The van der Waals surface area contributed by atoms with Crippen LogP contribution in [0.15, 0.2) is 37.2 Å². The number of ether oxygens (including phenoxy) is 1. The van der Waals surface area contributed by atoms with Crippen molar-refractivity contribution in [1.82, 2.24) is 24.8 Å². The van der Waals surface area contributed by atoms with Crippen molar-refractivity contribution in [1.29, 1.82) is 0 Å². The van der Waals surface area contributed by atoms with Crippen LogP contribution in [-0.2, 0) is 11.2 Å². The van der Waals surface area contributed by atoms with Crippen LogP contribution in [0.1, 0.15) is 22.6 Å². The van der Waals surface area contributed by atoms with Crippen LogP contribution in [0.3, 0.4) is 0 Å². The molecule has 1 aliphatic rings. The second kappa shape index (κ2) is 7.04. The molecule has 1 saturated heterocycles. The average Bonchev–Trinajstić information content (AvgIpc) is 2.61. The second-order valence-electron chi connectivity index (χ2n) is 5.06. The number of aromatic nitrogens is 4. The number of amides is 1. The molecule has 1 fully saturated rings. The number of rotatable bonds is 4. The van der Waals surface area contributed by atoms with Crippen molar-refractivity contribution in [2.24, 2.45) is 0 Å². The number of aryl methyl sites for hydroxylation is 1. The predicted octanol–water partition coefficient (Wildman–Crippen LogP) is 0.740. The first kappa shape index (κ1) is 14.5. The smallest absolute Gasteiger partial charge is 0.272 e. The van der Waals surface area contributed by atoms with Gasteiger partial charge in [-0.1, -0.05) is 0 Å². The van der Waals surface area contributed by atoms with E-state index in [0.717, 1.165) is 18.5 Å². The molecule has 1 aliphatic heterocycles. The molecule has 3 heterocycles. The number of carbonyl (C=O) groups is 1. The Morgan fingerprint density at radius 1 is 1.27 bits per heavy atom. The summed E-state index contributed by atoms with van der Waals surface area (Å²) in [4.78, 5) is 30.6. The molecular weight excluding hydrogens is 282 g/mol. The topological polar surface area (TPSA) is 81.1 Å². The van der Waals surface area contributed by atoms with Gasteiger partial charge >= 0.3 is 0 Å². The summed E-state index contributed by atoms with van der Waals surface area (Å²) in [6.07, 6.45) is 9.59. The molecule has 0 unspecified atom stereocenters. The summed E-state index contributed by atoms with van der Waals surface area (Å²) in [5, 5.41) is 0. The van der Waals surface area contributed by atoms with Crippen LogP contribution in [0.2, 0.25) is 0 Å². The summed E-state index contributed by atoms with van der Waals surface area (Å²) in [7, 11) is 0. The molecule has 0 spiro atoms. The van der Waals surface area contributed by atoms with Gasteiger partial charge in [0.1, 0.15) is 12.0 Å². The first-order valence-electron chi connectivity index (χ1n) is 7.24. The minimum absolute atomic E-state index is 0.0261. The molecule has 1 atom stereocenters. The Hall–Kier alpha value is -2.41. The highest BCUT2D eigenvalue weighted by molar-refractivity contribution is 5.92. The number of hydrogen-bond donors (Lipinski definition) is 0. The van der Waals surface area contributed by atoms with Gasteiger partial charge in [-0.15, -0.1) is 0 Å². The van der Waals surface area contributed by atoms with E-state index >= 15 is 0 Å². The van der Waals surface area contributed by atoms with Crippen molar-refractivity contribution in [2.75, 3.05) is 19.8 Å². The van der Waals surface area contributed by atoms with Gasteiger partial charge in [0.25, 0.3) is 5.91 Å². The molecule has 1 amide bonds. The Bertz CT molecular complexity index is 608. The van der Waals surface area contributed by atoms with Gasteiger partial charge in [0.2, 0.25) is 0 Å². The van der Waals surface area contributed by atoms with Crippen LogP contribution in [0.25, 0.3) is 0 Å². The fraction of sp³-hybridized carbons (Fsp3) is 0.400. The number of carbonyl (C=O) groups excluding carboxylic acids is 1. The largest absolute Gasteiger partial charge is 0.377 e. The lowest BCUT2D eigenvalue weighted by Crippen LogP contribution is -2.49. The van der Waals surface area contributed by atoms with Crippen molar-refractivity contribution in [3.05, 3.63) is 48.6 Å². The molecular formula is C15H17N5O2. The molecule has 2 aromatic rings. The monoisotopic (exact) mass is 299 g/mol. The quantitative estimate of drug-likeness (QED) is 0.828. The van der Waals surface area contributed by atoms with Crippen LogP contribution in [0, 0.1) is 0 Å². The van der Waals surface area contributed by atoms with Gasteiger partial charge in [0.05, 0.1) is 24.9 Å². The fourth-order valence-electron chi connectivity index (χ4n) is 2.50. The molecule has 0 bridgehead atoms. The van der Waals surface area contributed by atoms with Crippen LogP contribution in [-0.4, -0.2) is 56.5 Å². The molecule has 0 N–H and O–H groups in total. The summed E-state index contributed by atoms with van der Waals surface area (Å²) in [5.41, 5.74) is 1.34. The summed E-state index contributed by atoms with van der Waals surface area (Å²) >= 11 is 0. The third kappa shape index (κ3) is 3.43. The van der Waals surface area contributed by atoms with Gasteiger partial charge in [0.15, 0.2) is 0 Å². The van der Waals surface area contributed by atoms with Gasteiger partial charge in [-0.25, -0.2) is 9.97 Å². The predicted molar refractivity (Wildman–Crippen MR) is 78.0 cm³/mol. The highest BCUT2D eigenvalue weighted by Gasteiger charge is 2.28. The second-order valence-corrected chi connectivity index (χ2v) is 5.06. The van der Waals surface area contributed by atoms with E-state index in [2.05, 4.69) is 19.9 Å². The van der Waals surface area contributed by atoms with Crippen molar-refractivity contribution >= 4 is 5.91 Å². The van der Waals surface area contributed by atoms with Crippen LogP contribution >= 0.6 is 0 Å². The van der Waals surface area contributed by atoms with Crippen molar-refractivity contribution in [3.8, 4) is 0 Å². The maximum atomic E-state index is 12.6. The van der Waals surface area contributed by atoms with Crippen LogP contribution < -0.4 is 0 Å². The first-order chi connectivity index (χ1) is 10.8. The molecule has 0 radical (unpaired) electrons. The lowest BCUT2D eigenvalue weighted by molar-refractivity contribution is -0.00444. The Morgan fingerprint density at radius 2 is 2.23 bits per heavy atom. The molecule has 0 saturated carbocycles. The fourth-order valence-corrected chi connectivity index (χ4v) is 2.50. The summed E-state index contributed by atoms with van der Waals surface area (Å²) < 4.78 is 5.52. The van der Waals surface area contributed by atoms with Gasteiger partial charge in [0, 0.05) is 31.3 Å². The van der Waals surface area contributed by atoms with E-state index in [1.54, 1.807) is 30.9 Å². The van der Waals surface area contributed by atoms with E-state index < -0.39 is 0 Å². The first-order valence-corrected chi connectivity index (χ1v) is 7.24. The third-order valence-electron chi connectivity index (χ3n) is 3.64. The van der Waals surface area contributed by atoms with E-state index in [1.807, 2.05) is 4.90 Å². The van der Waals surface area contributed by atoms with Crippen molar-refractivity contribution in [3.63, 3.8) is 0 Å². The van der Waals surface area contributed by atoms with E-state index in [0.29, 0.717) is 25.5 Å². The zero-order chi connectivity index (χ0) is 15.2. The van der Waals surface area contributed by atoms with Crippen molar-refractivity contribution in [2.45, 2.75) is 18.9 Å². The van der Waals surface area contributed by atoms with Crippen molar-refractivity contribution < 1.29 is 9.53 Å². The molecule has 2 aromatic heterocycles. The molecule has 0 aliphatic carbocycles. The molecule has 114 valence electrons. The highest BCUT2D eigenvalue weighted by atomic mass is 16.5. The number of nitrogens with zero attached hydrogens (tertiary/aromatic N) is 5. The molecule has 22 heavy (non-hydrogen) atoms.